The molecule has 0 radical (unpaired) electrons. The Morgan fingerprint density at radius 1 is 1.38 bits per heavy atom. The molecule has 0 bridgehead atoms. The first-order valence-corrected chi connectivity index (χ1v) is 8.08. The minimum absolute atomic E-state index is 0.00676. The van der Waals surface area contributed by atoms with Crippen LogP contribution in [0.1, 0.15) is 32.4 Å². The van der Waals surface area contributed by atoms with Crippen LogP contribution in [-0.4, -0.2) is 37.0 Å². The number of benzene rings is 1. The van der Waals surface area contributed by atoms with Crippen molar-refractivity contribution >= 4 is 21.8 Å². The van der Waals surface area contributed by atoms with Gasteiger partial charge in [0.2, 0.25) is 5.91 Å². The molecular formula is C16H26BrN3O. The predicted octanol–water partition coefficient (Wildman–Crippen LogP) is 2.54. The van der Waals surface area contributed by atoms with Crippen LogP contribution < -0.4 is 11.1 Å². The van der Waals surface area contributed by atoms with Gasteiger partial charge in [-0.05, 0) is 37.6 Å². The number of hydrogen-bond donors (Lipinski definition) is 2. The van der Waals surface area contributed by atoms with Crippen LogP contribution in [0.5, 0.6) is 0 Å². The van der Waals surface area contributed by atoms with Crippen molar-refractivity contribution in [1.29, 1.82) is 0 Å². The summed E-state index contributed by atoms with van der Waals surface area (Å²) in [6.07, 6.45) is 0. The van der Waals surface area contributed by atoms with E-state index in [9.17, 15) is 4.79 Å². The summed E-state index contributed by atoms with van der Waals surface area (Å²) in [5.41, 5.74) is 7.24. The zero-order chi connectivity index (χ0) is 16.0. The average molecular weight is 356 g/mol. The van der Waals surface area contributed by atoms with E-state index in [2.05, 4.69) is 41.2 Å². The van der Waals surface area contributed by atoms with Crippen molar-refractivity contribution in [2.24, 2.45) is 11.7 Å². The van der Waals surface area contributed by atoms with E-state index in [0.717, 1.165) is 10.0 Å². The Hall–Kier alpha value is -0.910. The molecule has 1 aromatic rings. The molecule has 0 aliphatic rings. The van der Waals surface area contributed by atoms with Gasteiger partial charge in [0.05, 0.1) is 6.54 Å². The molecule has 118 valence electrons. The van der Waals surface area contributed by atoms with E-state index in [4.69, 9.17) is 5.73 Å². The second-order valence-electron chi connectivity index (χ2n) is 5.97. The van der Waals surface area contributed by atoms with E-state index in [1.54, 1.807) is 0 Å². The van der Waals surface area contributed by atoms with Crippen LogP contribution in [0.15, 0.2) is 28.7 Å². The Labute approximate surface area is 136 Å². The third kappa shape index (κ3) is 6.16. The Morgan fingerprint density at radius 3 is 2.57 bits per heavy atom. The van der Waals surface area contributed by atoms with Crippen molar-refractivity contribution in [2.75, 3.05) is 20.1 Å². The fourth-order valence-electron chi connectivity index (χ4n) is 2.35. The maximum absolute atomic E-state index is 12.0. The molecule has 0 fully saturated rings. The van der Waals surface area contributed by atoms with Crippen LogP contribution in [0.2, 0.25) is 0 Å². The maximum Gasteiger partial charge on any atom is 0.234 e. The lowest BCUT2D eigenvalue weighted by Crippen LogP contribution is -2.43. The summed E-state index contributed by atoms with van der Waals surface area (Å²) in [7, 11) is 1.93. The van der Waals surface area contributed by atoms with E-state index >= 15 is 0 Å². The second kappa shape index (κ2) is 8.51. The summed E-state index contributed by atoms with van der Waals surface area (Å²) >= 11 is 3.48. The van der Waals surface area contributed by atoms with Crippen molar-refractivity contribution < 1.29 is 4.79 Å². The van der Waals surface area contributed by atoms with Crippen molar-refractivity contribution in [3.8, 4) is 0 Å². The zero-order valence-electron chi connectivity index (χ0n) is 13.3. The van der Waals surface area contributed by atoms with Gasteiger partial charge >= 0.3 is 0 Å². The summed E-state index contributed by atoms with van der Waals surface area (Å²) in [4.78, 5) is 14.0. The molecule has 2 unspecified atom stereocenters. The van der Waals surface area contributed by atoms with Gasteiger partial charge in [0.1, 0.15) is 0 Å². The molecule has 1 rings (SSSR count). The molecule has 0 spiro atoms. The quantitative estimate of drug-likeness (QED) is 0.789. The third-order valence-corrected chi connectivity index (χ3v) is 3.76. The number of likely N-dealkylation sites (N-methyl/N-ethyl adjacent to an activating group) is 1. The second-order valence-corrected chi connectivity index (χ2v) is 6.89. The van der Waals surface area contributed by atoms with Crippen LogP contribution in [0, 0.1) is 5.92 Å². The van der Waals surface area contributed by atoms with Gasteiger partial charge in [-0.2, -0.15) is 0 Å². The van der Waals surface area contributed by atoms with Crippen LogP contribution in [-0.2, 0) is 4.79 Å². The van der Waals surface area contributed by atoms with Gasteiger partial charge < -0.3 is 11.1 Å². The number of nitrogens with two attached hydrogens (primary N) is 1. The van der Waals surface area contributed by atoms with Gasteiger partial charge in [0.25, 0.3) is 0 Å². The average Bonchev–Trinajstić information content (AvgIpc) is 2.36. The fraction of sp³-hybridized carbons (Fsp3) is 0.562. The SMILES string of the molecule is CC(C)CNC(=O)CN(C)C(c1cccc(Br)c1)C(C)N. The number of amides is 1. The minimum atomic E-state index is -0.0674. The predicted molar refractivity (Wildman–Crippen MR) is 91.0 cm³/mol. The van der Waals surface area contributed by atoms with E-state index in [-0.39, 0.29) is 18.0 Å². The molecule has 21 heavy (non-hydrogen) atoms. The van der Waals surface area contributed by atoms with Gasteiger partial charge in [-0.3, -0.25) is 9.69 Å². The van der Waals surface area contributed by atoms with E-state index in [0.29, 0.717) is 19.0 Å². The number of rotatable bonds is 7. The summed E-state index contributed by atoms with van der Waals surface area (Å²) in [6, 6.07) is 8.01. The molecule has 1 amide bonds. The van der Waals surface area contributed by atoms with Crippen molar-refractivity contribution in [3.63, 3.8) is 0 Å². The molecule has 0 heterocycles. The lowest BCUT2D eigenvalue weighted by molar-refractivity contribution is -0.122. The first-order chi connectivity index (χ1) is 9.81. The first kappa shape index (κ1) is 18.1. The first-order valence-electron chi connectivity index (χ1n) is 7.29. The standard InChI is InChI=1S/C16H26BrN3O/c1-11(2)9-19-15(21)10-20(4)16(12(3)18)13-6-5-7-14(17)8-13/h5-8,11-12,16H,9-10,18H2,1-4H3,(H,19,21). The van der Waals surface area contributed by atoms with Crippen LogP contribution >= 0.6 is 15.9 Å². The molecule has 0 aliphatic carbocycles. The van der Waals surface area contributed by atoms with E-state index in [1.165, 1.54) is 0 Å². The highest BCUT2D eigenvalue weighted by Gasteiger charge is 2.23. The molecule has 0 saturated carbocycles. The monoisotopic (exact) mass is 355 g/mol. The molecular weight excluding hydrogens is 330 g/mol. The number of halogens is 1. The summed E-state index contributed by atoms with van der Waals surface area (Å²) < 4.78 is 1.02. The fourth-order valence-corrected chi connectivity index (χ4v) is 2.77. The molecule has 0 aliphatic heterocycles. The maximum atomic E-state index is 12.0. The van der Waals surface area contributed by atoms with Crippen molar-refractivity contribution in [3.05, 3.63) is 34.3 Å². The summed E-state index contributed by atoms with van der Waals surface area (Å²) in [6.45, 7) is 7.17. The molecule has 3 N–H and O–H groups in total. The molecule has 0 saturated heterocycles. The van der Waals surface area contributed by atoms with Gasteiger partial charge in [-0.1, -0.05) is 41.9 Å². The van der Waals surface area contributed by atoms with E-state index < -0.39 is 0 Å². The summed E-state index contributed by atoms with van der Waals surface area (Å²) in [5, 5.41) is 2.94. The molecule has 1 aromatic carbocycles. The number of carbonyl (C=O) groups excluding carboxylic acids is 1. The lowest BCUT2D eigenvalue weighted by Gasteiger charge is -2.31. The summed E-state index contributed by atoms with van der Waals surface area (Å²) in [5.74, 6) is 0.486. The number of nitrogens with zero attached hydrogens (tertiary/aromatic N) is 1. The Balaban J connectivity index is 2.74. The van der Waals surface area contributed by atoms with Crippen LogP contribution in [0.25, 0.3) is 0 Å². The van der Waals surface area contributed by atoms with Gasteiger partial charge in [0, 0.05) is 23.1 Å². The molecule has 0 aromatic heterocycles. The van der Waals surface area contributed by atoms with Crippen LogP contribution in [0.3, 0.4) is 0 Å². The zero-order valence-corrected chi connectivity index (χ0v) is 14.9. The van der Waals surface area contributed by atoms with Crippen LogP contribution in [0.4, 0.5) is 0 Å². The molecule has 5 heteroatoms. The molecule has 4 nitrogen and oxygen atoms in total. The van der Waals surface area contributed by atoms with Crippen molar-refractivity contribution in [1.82, 2.24) is 10.2 Å². The number of carbonyl (C=O) groups is 1. The van der Waals surface area contributed by atoms with Gasteiger partial charge in [0.15, 0.2) is 0 Å². The highest BCUT2D eigenvalue weighted by atomic mass is 79.9. The lowest BCUT2D eigenvalue weighted by atomic mass is 9.99. The minimum Gasteiger partial charge on any atom is -0.355 e. The normalized spacial score (nSPS) is 14.3. The highest BCUT2D eigenvalue weighted by molar-refractivity contribution is 9.10. The number of hydrogen-bond acceptors (Lipinski definition) is 3. The number of nitrogens with one attached hydrogen (secondary N) is 1. The van der Waals surface area contributed by atoms with E-state index in [1.807, 2.05) is 37.1 Å². The largest absolute Gasteiger partial charge is 0.355 e. The Kier molecular flexibility index (Phi) is 7.35. The topological polar surface area (TPSA) is 58.4 Å². The Bertz CT molecular complexity index is 463. The van der Waals surface area contributed by atoms with Gasteiger partial charge in [-0.15, -0.1) is 0 Å². The Morgan fingerprint density at radius 2 is 2.05 bits per heavy atom. The van der Waals surface area contributed by atoms with Crippen molar-refractivity contribution in [2.45, 2.75) is 32.9 Å². The highest BCUT2D eigenvalue weighted by Crippen LogP contribution is 2.24. The van der Waals surface area contributed by atoms with Gasteiger partial charge in [-0.25, -0.2) is 0 Å². The third-order valence-electron chi connectivity index (χ3n) is 3.26. The smallest absolute Gasteiger partial charge is 0.234 e. The molecule has 2 atom stereocenters.